The number of rotatable bonds is 16. The van der Waals surface area contributed by atoms with E-state index >= 15 is 0 Å². The predicted molar refractivity (Wildman–Crippen MR) is 141 cm³/mol. The molecule has 0 amide bonds. The van der Waals surface area contributed by atoms with Gasteiger partial charge >= 0.3 is 0 Å². The van der Waals surface area contributed by atoms with E-state index in [1.165, 1.54) is 56.3 Å². The van der Waals surface area contributed by atoms with Gasteiger partial charge < -0.3 is 10.1 Å². The van der Waals surface area contributed by atoms with Gasteiger partial charge in [-0.15, -0.1) is 11.8 Å². The van der Waals surface area contributed by atoms with E-state index in [9.17, 15) is 9.59 Å². The van der Waals surface area contributed by atoms with Gasteiger partial charge in [-0.3, -0.25) is 9.69 Å². The van der Waals surface area contributed by atoms with Gasteiger partial charge in [-0.25, -0.2) is 0 Å². The number of benzene rings is 1. The SMILES string of the molecule is CCCC(C=O)N(C)Cc1c(C=O)cccc1SCCCCCCNC1CCC(C)(C)CC1. The van der Waals surface area contributed by atoms with Crippen LogP contribution in [-0.2, 0) is 11.3 Å². The Bertz CT molecular complexity index is 712. The molecule has 0 heterocycles. The van der Waals surface area contributed by atoms with Crippen LogP contribution in [0.4, 0.5) is 0 Å². The largest absolute Gasteiger partial charge is 0.314 e. The Kier molecular flexibility index (Phi) is 12.7. The van der Waals surface area contributed by atoms with E-state index < -0.39 is 0 Å². The maximum Gasteiger partial charge on any atom is 0.150 e. The quantitative estimate of drug-likeness (QED) is 0.168. The second-order valence-electron chi connectivity index (χ2n) is 10.5. The summed E-state index contributed by atoms with van der Waals surface area (Å²) >= 11 is 1.85. The third kappa shape index (κ3) is 9.92. The number of nitrogens with one attached hydrogen (secondary N) is 1. The number of aldehydes is 2. The van der Waals surface area contributed by atoms with Gasteiger partial charge in [0.15, 0.2) is 0 Å². The van der Waals surface area contributed by atoms with Gasteiger partial charge in [-0.05, 0) is 81.3 Å². The van der Waals surface area contributed by atoms with Gasteiger partial charge in [0.05, 0.1) is 6.04 Å². The fourth-order valence-corrected chi connectivity index (χ4v) is 5.82. The first kappa shape index (κ1) is 28.1. The summed E-state index contributed by atoms with van der Waals surface area (Å²) in [6.07, 6.45) is 14.1. The van der Waals surface area contributed by atoms with Gasteiger partial charge in [-0.1, -0.05) is 52.2 Å². The van der Waals surface area contributed by atoms with Crippen LogP contribution in [0.3, 0.4) is 0 Å². The lowest BCUT2D eigenvalue weighted by atomic mass is 9.75. The van der Waals surface area contributed by atoms with E-state index in [4.69, 9.17) is 0 Å². The maximum atomic E-state index is 11.6. The molecule has 0 spiro atoms. The van der Waals surface area contributed by atoms with Crippen molar-refractivity contribution in [3.8, 4) is 0 Å². The Balaban J connectivity index is 1.71. The number of hydrogen-bond acceptors (Lipinski definition) is 5. The highest BCUT2D eigenvalue weighted by Crippen LogP contribution is 2.35. The normalized spacial score (nSPS) is 17.2. The highest BCUT2D eigenvalue weighted by molar-refractivity contribution is 7.99. The molecular weight excluding hydrogens is 428 g/mol. The molecule has 1 atom stereocenters. The summed E-state index contributed by atoms with van der Waals surface area (Å²) in [7, 11) is 1.98. The summed E-state index contributed by atoms with van der Waals surface area (Å²) in [4.78, 5) is 26.4. The Labute approximate surface area is 206 Å². The van der Waals surface area contributed by atoms with Crippen molar-refractivity contribution in [3.05, 3.63) is 29.3 Å². The van der Waals surface area contributed by atoms with Gasteiger partial charge in [0, 0.05) is 23.0 Å². The highest BCUT2D eigenvalue weighted by Gasteiger charge is 2.26. The van der Waals surface area contributed by atoms with Crippen molar-refractivity contribution >= 4 is 24.3 Å². The zero-order valence-corrected chi connectivity index (χ0v) is 22.2. The van der Waals surface area contributed by atoms with Gasteiger partial charge in [-0.2, -0.15) is 0 Å². The minimum absolute atomic E-state index is 0.0960. The smallest absolute Gasteiger partial charge is 0.150 e. The second-order valence-corrected chi connectivity index (χ2v) is 11.6. The van der Waals surface area contributed by atoms with Crippen molar-refractivity contribution in [1.82, 2.24) is 10.2 Å². The molecule has 5 heteroatoms. The molecule has 33 heavy (non-hydrogen) atoms. The lowest BCUT2D eigenvalue weighted by Gasteiger charge is -2.34. The molecule has 1 saturated carbocycles. The average molecular weight is 475 g/mol. The fourth-order valence-electron chi connectivity index (χ4n) is 4.72. The van der Waals surface area contributed by atoms with Crippen LogP contribution < -0.4 is 5.32 Å². The predicted octanol–water partition coefficient (Wildman–Crippen LogP) is 6.51. The van der Waals surface area contributed by atoms with Crippen LogP contribution in [0.2, 0.25) is 0 Å². The third-order valence-corrected chi connectivity index (χ3v) is 8.30. The van der Waals surface area contributed by atoms with Gasteiger partial charge in [0.25, 0.3) is 0 Å². The fraction of sp³-hybridized carbons (Fsp3) is 0.714. The topological polar surface area (TPSA) is 49.4 Å². The number of nitrogens with zero attached hydrogens (tertiary/aromatic N) is 1. The molecule has 0 aromatic heterocycles. The van der Waals surface area contributed by atoms with Crippen molar-refractivity contribution in [2.24, 2.45) is 5.41 Å². The molecule has 0 radical (unpaired) electrons. The Hall–Kier alpha value is -1.17. The van der Waals surface area contributed by atoms with Crippen LogP contribution >= 0.6 is 11.8 Å². The lowest BCUT2D eigenvalue weighted by Crippen LogP contribution is -2.36. The molecule has 0 saturated heterocycles. The zero-order valence-electron chi connectivity index (χ0n) is 21.4. The molecule has 186 valence electrons. The van der Waals surface area contributed by atoms with E-state index in [0.717, 1.165) is 54.9 Å². The minimum atomic E-state index is -0.0960. The first-order valence-electron chi connectivity index (χ1n) is 13.0. The number of carbonyl (C=O) groups excluding carboxylic acids is 2. The summed E-state index contributed by atoms with van der Waals surface area (Å²) in [6.45, 7) is 8.66. The number of thioether (sulfide) groups is 1. The Morgan fingerprint density at radius 3 is 2.55 bits per heavy atom. The van der Waals surface area contributed by atoms with Crippen molar-refractivity contribution in [3.63, 3.8) is 0 Å². The molecule has 1 unspecified atom stereocenters. The summed E-state index contributed by atoms with van der Waals surface area (Å²) in [5.74, 6) is 1.07. The first-order valence-corrected chi connectivity index (χ1v) is 14.0. The zero-order chi connectivity index (χ0) is 24.1. The summed E-state index contributed by atoms with van der Waals surface area (Å²) in [5.41, 5.74) is 2.34. The van der Waals surface area contributed by atoms with Crippen molar-refractivity contribution < 1.29 is 9.59 Å². The highest BCUT2D eigenvalue weighted by atomic mass is 32.2. The van der Waals surface area contributed by atoms with E-state index in [2.05, 4.69) is 37.1 Å². The second kappa shape index (κ2) is 15.0. The average Bonchev–Trinajstić information content (AvgIpc) is 2.80. The van der Waals surface area contributed by atoms with E-state index in [0.29, 0.717) is 12.0 Å². The third-order valence-electron chi connectivity index (χ3n) is 7.11. The van der Waals surface area contributed by atoms with E-state index in [1.54, 1.807) is 0 Å². The van der Waals surface area contributed by atoms with Gasteiger partial charge in [0.2, 0.25) is 0 Å². The molecule has 0 bridgehead atoms. The number of carbonyl (C=O) groups is 2. The molecule has 0 aliphatic heterocycles. The van der Waals surface area contributed by atoms with Crippen LogP contribution in [0.25, 0.3) is 0 Å². The number of hydrogen-bond donors (Lipinski definition) is 1. The lowest BCUT2D eigenvalue weighted by molar-refractivity contribution is -0.112. The molecule has 1 aliphatic rings. The monoisotopic (exact) mass is 474 g/mol. The number of unbranched alkanes of at least 4 members (excludes halogenated alkanes) is 3. The first-order chi connectivity index (χ1) is 15.9. The van der Waals surface area contributed by atoms with Crippen LogP contribution in [0.15, 0.2) is 23.1 Å². The Morgan fingerprint density at radius 2 is 1.88 bits per heavy atom. The van der Waals surface area contributed by atoms with E-state index in [1.807, 2.05) is 30.9 Å². The maximum absolute atomic E-state index is 11.6. The van der Waals surface area contributed by atoms with Crippen molar-refractivity contribution in [2.75, 3.05) is 19.3 Å². The summed E-state index contributed by atoms with van der Waals surface area (Å²) in [6, 6.07) is 6.60. The van der Waals surface area contributed by atoms with Crippen LogP contribution in [0, 0.1) is 5.41 Å². The van der Waals surface area contributed by atoms with Crippen LogP contribution in [-0.4, -0.2) is 48.9 Å². The molecule has 4 nitrogen and oxygen atoms in total. The summed E-state index contributed by atoms with van der Waals surface area (Å²) < 4.78 is 0. The van der Waals surface area contributed by atoms with Crippen molar-refractivity contribution in [2.45, 2.75) is 109 Å². The molecule has 2 rings (SSSR count). The number of likely N-dealkylation sites (N-methyl/N-ethyl adjacent to an activating group) is 1. The molecule has 1 fully saturated rings. The van der Waals surface area contributed by atoms with Crippen LogP contribution in [0.5, 0.6) is 0 Å². The molecule has 1 aliphatic carbocycles. The summed E-state index contributed by atoms with van der Waals surface area (Å²) in [5, 5.41) is 3.77. The van der Waals surface area contributed by atoms with Crippen LogP contribution in [0.1, 0.15) is 101 Å². The standard InChI is InChI=1S/C28H46N2O2S/c1-5-11-25(22-32)30(4)20-26-23(21-31)12-10-13-27(26)33-19-9-7-6-8-18-29-24-14-16-28(2,3)17-15-24/h10,12-13,21-22,24-25,29H,5-9,11,14-20H2,1-4H3. The van der Waals surface area contributed by atoms with E-state index in [-0.39, 0.29) is 6.04 Å². The molecular formula is C28H46N2O2S. The molecule has 1 N–H and O–H groups in total. The van der Waals surface area contributed by atoms with Gasteiger partial charge in [0.1, 0.15) is 12.6 Å². The minimum Gasteiger partial charge on any atom is -0.314 e. The molecule has 1 aromatic carbocycles. The molecule has 1 aromatic rings. The van der Waals surface area contributed by atoms with Crippen molar-refractivity contribution in [1.29, 1.82) is 0 Å². The Morgan fingerprint density at radius 1 is 1.15 bits per heavy atom.